The Bertz CT molecular complexity index is 459. The zero-order valence-corrected chi connectivity index (χ0v) is 16.7. The van der Waals surface area contributed by atoms with Gasteiger partial charge in [-0.3, -0.25) is 0 Å². The van der Waals surface area contributed by atoms with Crippen LogP contribution in [0.4, 0.5) is 4.39 Å². The van der Waals surface area contributed by atoms with E-state index >= 15 is 0 Å². The van der Waals surface area contributed by atoms with Crippen molar-refractivity contribution in [1.29, 1.82) is 0 Å². The van der Waals surface area contributed by atoms with Gasteiger partial charge in [0.05, 0.1) is 0 Å². The Labute approximate surface area is 149 Å². The molecule has 0 saturated heterocycles. The summed E-state index contributed by atoms with van der Waals surface area (Å²) < 4.78 is 12.7. The first kappa shape index (κ1) is 27.2. The van der Waals surface area contributed by atoms with Crippen LogP contribution in [0.25, 0.3) is 6.08 Å². The topological polar surface area (TPSA) is 20.2 Å². The lowest BCUT2D eigenvalue weighted by atomic mass is 10.0. The molecule has 1 aromatic carbocycles. The number of hydrogen-bond acceptors (Lipinski definition) is 1. The minimum Gasteiger partial charge on any atom is -0.400 e. The van der Waals surface area contributed by atoms with Gasteiger partial charge in [0.1, 0.15) is 5.82 Å². The highest BCUT2D eigenvalue weighted by Gasteiger charge is 1.94. The molecule has 1 aromatic rings. The Balaban J connectivity index is -0.000000284. The second-order valence-electron chi connectivity index (χ2n) is 4.36. The lowest BCUT2D eigenvalue weighted by Crippen LogP contribution is -1.83. The van der Waals surface area contributed by atoms with Crippen molar-refractivity contribution in [3.8, 4) is 0 Å². The zero-order chi connectivity index (χ0) is 19.4. The summed E-state index contributed by atoms with van der Waals surface area (Å²) in [5, 5.41) is 7.00. The second-order valence-corrected chi connectivity index (χ2v) is 4.36. The van der Waals surface area contributed by atoms with Gasteiger partial charge < -0.3 is 5.11 Å². The Morgan fingerprint density at radius 1 is 1.17 bits per heavy atom. The van der Waals surface area contributed by atoms with Crippen molar-refractivity contribution < 1.29 is 9.50 Å². The first-order valence-corrected chi connectivity index (χ1v) is 8.85. The summed E-state index contributed by atoms with van der Waals surface area (Å²) in [6.45, 7) is 15.5. The van der Waals surface area contributed by atoms with Crippen LogP contribution in [0.15, 0.2) is 48.6 Å². The summed E-state index contributed by atoms with van der Waals surface area (Å²) in [4.78, 5) is 0. The van der Waals surface area contributed by atoms with Crippen molar-refractivity contribution in [2.24, 2.45) is 0 Å². The smallest absolute Gasteiger partial charge is 0.126 e. The van der Waals surface area contributed by atoms with Crippen LogP contribution in [-0.4, -0.2) is 12.2 Å². The van der Waals surface area contributed by atoms with Crippen LogP contribution in [-0.2, 0) is 0 Å². The van der Waals surface area contributed by atoms with Crippen molar-refractivity contribution >= 4 is 6.08 Å². The third-order valence-electron chi connectivity index (χ3n) is 2.99. The average molecular weight is 337 g/mol. The Hall–Kier alpha value is -1.67. The van der Waals surface area contributed by atoms with Gasteiger partial charge in [0, 0.05) is 7.11 Å². The van der Waals surface area contributed by atoms with E-state index in [1.807, 2.05) is 33.8 Å². The predicted octanol–water partition coefficient (Wildman–Crippen LogP) is 7.11. The molecule has 1 N–H and O–H groups in total. The van der Waals surface area contributed by atoms with Crippen LogP contribution in [0, 0.1) is 12.7 Å². The molecule has 0 radical (unpaired) electrons. The van der Waals surface area contributed by atoms with Crippen LogP contribution in [0.1, 0.15) is 65.0 Å². The van der Waals surface area contributed by atoms with E-state index in [2.05, 4.69) is 31.7 Å². The van der Waals surface area contributed by atoms with E-state index in [1.54, 1.807) is 24.6 Å². The molecular weight excluding hydrogens is 299 g/mol. The van der Waals surface area contributed by atoms with Gasteiger partial charge in [-0.1, -0.05) is 83.2 Å². The van der Waals surface area contributed by atoms with Crippen molar-refractivity contribution in [3.05, 3.63) is 65.5 Å². The average Bonchev–Trinajstić information content (AvgIpc) is 2.70. The molecule has 138 valence electrons. The lowest BCUT2D eigenvalue weighted by Gasteiger charge is -2.03. The van der Waals surface area contributed by atoms with Crippen molar-refractivity contribution in [2.75, 3.05) is 7.11 Å². The fourth-order valence-corrected chi connectivity index (χ4v) is 1.68. The second kappa shape index (κ2) is 21.3. The highest BCUT2D eigenvalue weighted by molar-refractivity contribution is 5.47. The number of aryl methyl sites for hydroxylation is 1. The molecule has 24 heavy (non-hydrogen) atoms. The molecule has 0 amide bonds. The third kappa shape index (κ3) is 14.0. The molecule has 0 aromatic heterocycles. The van der Waals surface area contributed by atoms with Gasteiger partial charge in [0.2, 0.25) is 0 Å². The third-order valence-corrected chi connectivity index (χ3v) is 2.99. The zero-order valence-electron chi connectivity index (χ0n) is 16.7. The van der Waals surface area contributed by atoms with E-state index in [0.717, 1.165) is 12.7 Å². The van der Waals surface area contributed by atoms with Crippen molar-refractivity contribution in [1.82, 2.24) is 0 Å². The van der Waals surface area contributed by atoms with Gasteiger partial charge in [-0.2, -0.15) is 0 Å². The Morgan fingerprint density at radius 3 is 2.08 bits per heavy atom. The SMILES string of the molecule is C=Cc1ccc(C)c(F)c1.CC.CC.CCC1=CC=CCC1.CO. The fourth-order valence-electron chi connectivity index (χ4n) is 1.68. The van der Waals surface area contributed by atoms with E-state index in [0.29, 0.717) is 5.56 Å². The molecule has 2 heteroatoms. The van der Waals surface area contributed by atoms with Gasteiger partial charge in [-0.15, -0.1) is 0 Å². The number of hydrogen-bond donors (Lipinski definition) is 1. The molecule has 2 rings (SSSR count). The van der Waals surface area contributed by atoms with Crippen molar-refractivity contribution in [2.45, 2.75) is 60.8 Å². The van der Waals surface area contributed by atoms with Gasteiger partial charge >= 0.3 is 0 Å². The summed E-state index contributed by atoms with van der Waals surface area (Å²) >= 11 is 0. The molecule has 0 bridgehead atoms. The summed E-state index contributed by atoms with van der Waals surface area (Å²) in [5.74, 6) is -0.169. The van der Waals surface area contributed by atoms with Crippen molar-refractivity contribution in [3.63, 3.8) is 0 Å². The number of benzene rings is 1. The highest BCUT2D eigenvalue weighted by atomic mass is 19.1. The highest BCUT2D eigenvalue weighted by Crippen LogP contribution is 2.13. The number of allylic oxidation sites excluding steroid dienone is 4. The summed E-state index contributed by atoms with van der Waals surface area (Å²) in [6, 6.07) is 5.06. The Morgan fingerprint density at radius 2 is 1.75 bits per heavy atom. The number of rotatable bonds is 2. The maximum atomic E-state index is 12.7. The van der Waals surface area contributed by atoms with Crippen LogP contribution >= 0.6 is 0 Å². The normalized spacial score (nSPS) is 10.8. The number of aliphatic hydroxyl groups excluding tert-OH is 1. The van der Waals surface area contributed by atoms with Gasteiger partial charge in [0.25, 0.3) is 0 Å². The molecule has 0 fully saturated rings. The molecule has 0 unspecified atom stereocenters. The minimum atomic E-state index is -0.169. The molecule has 1 aliphatic rings. The molecule has 0 heterocycles. The molecular formula is C22H37FO. The minimum absolute atomic E-state index is 0.169. The van der Waals surface area contributed by atoms with E-state index < -0.39 is 0 Å². The largest absolute Gasteiger partial charge is 0.400 e. The number of halogens is 1. The maximum Gasteiger partial charge on any atom is 0.126 e. The molecule has 0 atom stereocenters. The van der Waals surface area contributed by atoms with Crippen LogP contribution in [0.3, 0.4) is 0 Å². The van der Waals surface area contributed by atoms with Gasteiger partial charge in [-0.05, 0) is 43.4 Å². The van der Waals surface area contributed by atoms with E-state index in [9.17, 15) is 4.39 Å². The van der Waals surface area contributed by atoms with Crippen LogP contribution < -0.4 is 0 Å². The van der Waals surface area contributed by atoms with Gasteiger partial charge in [0.15, 0.2) is 0 Å². The molecule has 0 saturated carbocycles. The van der Waals surface area contributed by atoms with Crippen LogP contribution in [0.5, 0.6) is 0 Å². The molecule has 1 aliphatic carbocycles. The molecule has 0 spiro atoms. The van der Waals surface area contributed by atoms with E-state index in [1.165, 1.54) is 25.3 Å². The molecule has 0 aliphatic heterocycles. The fraction of sp³-hybridized carbons (Fsp3) is 0.455. The standard InChI is InChI=1S/C9H9F.C8H12.2C2H6.CH4O/c1-3-8-5-4-7(2)9(10)6-8;1-2-8-6-4-3-5-7-8;3*1-2/h3-6H,1H2,2H3;3-4,6H,2,5,7H2,1H3;2*1-2H3;2H,1H3. The van der Waals surface area contributed by atoms with Crippen LogP contribution in [0.2, 0.25) is 0 Å². The summed E-state index contributed by atoms with van der Waals surface area (Å²) in [7, 11) is 1.00. The number of aliphatic hydroxyl groups is 1. The lowest BCUT2D eigenvalue weighted by molar-refractivity contribution is 0.399. The van der Waals surface area contributed by atoms with E-state index in [4.69, 9.17) is 5.11 Å². The Kier molecular flexibility index (Phi) is 24.2. The maximum absolute atomic E-state index is 12.7. The van der Waals surface area contributed by atoms with E-state index in [-0.39, 0.29) is 5.82 Å². The monoisotopic (exact) mass is 336 g/mol. The quantitative estimate of drug-likeness (QED) is 0.610. The predicted molar refractivity (Wildman–Crippen MR) is 109 cm³/mol. The summed E-state index contributed by atoms with van der Waals surface area (Å²) in [5.41, 5.74) is 3.08. The molecule has 1 nitrogen and oxygen atoms in total. The van der Waals surface area contributed by atoms with Gasteiger partial charge in [-0.25, -0.2) is 4.39 Å². The first-order valence-electron chi connectivity index (χ1n) is 8.85. The summed E-state index contributed by atoms with van der Waals surface area (Å²) in [6.07, 6.45) is 12.0. The first-order chi connectivity index (χ1) is 11.7.